The number of nitrogens with zero attached hydrogens (tertiary/aromatic N) is 2. The molecule has 146 valence electrons. The van der Waals surface area contributed by atoms with Crippen LogP contribution in [0.1, 0.15) is 6.92 Å². The van der Waals surface area contributed by atoms with Crippen LogP contribution >= 0.6 is 11.6 Å². The zero-order valence-corrected chi connectivity index (χ0v) is 15.7. The monoisotopic (exact) mass is 405 g/mol. The number of halogens is 1. The summed E-state index contributed by atoms with van der Waals surface area (Å²) in [4.78, 5) is 36.9. The standard InChI is InChI=1S/C18H16ClN3O6/c1-10-18(24)21(15-7-11(19)3-6-16(15)28-10)9-17(23)20-13-5-4-12(27-2)8-14(13)22(25)26/h3-8,10H,9H2,1-2H3,(H,20,23). The van der Waals surface area contributed by atoms with E-state index in [9.17, 15) is 19.7 Å². The lowest BCUT2D eigenvalue weighted by molar-refractivity contribution is -0.384. The van der Waals surface area contributed by atoms with E-state index >= 15 is 0 Å². The fourth-order valence-corrected chi connectivity index (χ4v) is 2.94. The summed E-state index contributed by atoms with van der Waals surface area (Å²) in [5.74, 6) is -0.332. The van der Waals surface area contributed by atoms with Gasteiger partial charge < -0.3 is 14.8 Å². The van der Waals surface area contributed by atoms with Crippen molar-refractivity contribution in [3.63, 3.8) is 0 Å². The highest BCUT2D eigenvalue weighted by Crippen LogP contribution is 2.36. The third-order valence-electron chi connectivity index (χ3n) is 4.11. The van der Waals surface area contributed by atoms with Crippen LogP contribution in [-0.4, -0.2) is 36.5 Å². The number of benzene rings is 2. The van der Waals surface area contributed by atoms with Gasteiger partial charge in [0.25, 0.3) is 11.6 Å². The number of nitro groups is 1. The van der Waals surface area contributed by atoms with Crippen LogP contribution in [0.15, 0.2) is 36.4 Å². The van der Waals surface area contributed by atoms with E-state index in [0.29, 0.717) is 16.5 Å². The minimum Gasteiger partial charge on any atom is -0.496 e. The van der Waals surface area contributed by atoms with Crippen molar-refractivity contribution in [2.75, 3.05) is 23.9 Å². The smallest absolute Gasteiger partial charge is 0.296 e. The average molecular weight is 406 g/mol. The number of ether oxygens (including phenoxy) is 2. The average Bonchev–Trinajstić information content (AvgIpc) is 2.66. The second-order valence-corrected chi connectivity index (χ2v) is 6.42. The number of nitrogens with one attached hydrogen (secondary N) is 1. The summed E-state index contributed by atoms with van der Waals surface area (Å²) in [5.41, 5.74) is 0.0312. The quantitative estimate of drug-likeness (QED) is 0.604. The third-order valence-corrected chi connectivity index (χ3v) is 4.34. The molecule has 2 aromatic carbocycles. The molecule has 10 heteroatoms. The van der Waals surface area contributed by atoms with E-state index in [1.807, 2.05) is 0 Å². The van der Waals surface area contributed by atoms with Crippen molar-refractivity contribution in [3.8, 4) is 11.5 Å². The normalized spacial score (nSPS) is 15.5. The van der Waals surface area contributed by atoms with Gasteiger partial charge in [0.15, 0.2) is 6.10 Å². The molecule has 0 spiro atoms. The molecule has 28 heavy (non-hydrogen) atoms. The molecule has 9 nitrogen and oxygen atoms in total. The van der Waals surface area contributed by atoms with Crippen LogP contribution in [0.3, 0.4) is 0 Å². The number of hydrogen-bond acceptors (Lipinski definition) is 6. The number of hydrogen-bond donors (Lipinski definition) is 1. The molecule has 3 rings (SSSR count). The molecule has 1 atom stereocenters. The van der Waals surface area contributed by atoms with Crippen molar-refractivity contribution in [2.24, 2.45) is 0 Å². The van der Waals surface area contributed by atoms with Crippen molar-refractivity contribution in [3.05, 3.63) is 51.5 Å². The Kier molecular flexibility index (Phi) is 5.36. The van der Waals surface area contributed by atoms with Gasteiger partial charge in [-0.05, 0) is 37.3 Å². The number of carbonyl (C=O) groups excluding carboxylic acids is 2. The number of rotatable bonds is 5. The van der Waals surface area contributed by atoms with Crippen LogP contribution in [0.5, 0.6) is 11.5 Å². The number of methoxy groups -OCH3 is 1. The summed E-state index contributed by atoms with van der Waals surface area (Å²) in [6.45, 7) is 1.21. The molecule has 1 N–H and O–H groups in total. The van der Waals surface area contributed by atoms with Crippen molar-refractivity contribution < 1.29 is 24.0 Å². The predicted octanol–water partition coefficient (Wildman–Crippen LogP) is 3.01. The maximum Gasteiger partial charge on any atom is 0.296 e. The number of nitro benzene ring substituents is 1. The first kappa shape index (κ1) is 19.4. The van der Waals surface area contributed by atoms with E-state index in [0.717, 1.165) is 0 Å². The maximum atomic E-state index is 12.5. The van der Waals surface area contributed by atoms with E-state index in [2.05, 4.69) is 5.32 Å². The van der Waals surface area contributed by atoms with Gasteiger partial charge in [-0.15, -0.1) is 0 Å². The molecule has 0 saturated heterocycles. The molecule has 0 saturated carbocycles. The van der Waals surface area contributed by atoms with Gasteiger partial charge in [-0.1, -0.05) is 11.6 Å². The van der Waals surface area contributed by atoms with Crippen LogP contribution in [0.2, 0.25) is 5.02 Å². The fraction of sp³-hybridized carbons (Fsp3) is 0.222. The van der Waals surface area contributed by atoms with Gasteiger partial charge in [0, 0.05) is 5.02 Å². The van der Waals surface area contributed by atoms with E-state index in [-0.39, 0.29) is 23.7 Å². The highest BCUT2D eigenvalue weighted by atomic mass is 35.5. The Morgan fingerprint density at radius 1 is 1.36 bits per heavy atom. The van der Waals surface area contributed by atoms with Crippen molar-refractivity contribution in [2.45, 2.75) is 13.0 Å². The molecule has 1 unspecified atom stereocenters. The van der Waals surface area contributed by atoms with Gasteiger partial charge in [0.1, 0.15) is 23.7 Å². The highest BCUT2D eigenvalue weighted by molar-refractivity contribution is 6.31. The molecule has 2 aromatic rings. The zero-order valence-electron chi connectivity index (χ0n) is 15.0. The third kappa shape index (κ3) is 3.84. The Labute approximate surface area is 164 Å². The summed E-state index contributed by atoms with van der Waals surface area (Å²) in [5, 5.41) is 14.1. The maximum absolute atomic E-state index is 12.5. The Bertz CT molecular complexity index is 964. The van der Waals surface area contributed by atoms with Crippen LogP contribution in [-0.2, 0) is 9.59 Å². The van der Waals surface area contributed by atoms with E-state index in [4.69, 9.17) is 21.1 Å². The molecule has 1 aliphatic heterocycles. The number of anilines is 2. The molecule has 1 heterocycles. The van der Waals surface area contributed by atoms with Gasteiger partial charge >= 0.3 is 0 Å². The number of carbonyl (C=O) groups is 2. The molecular formula is C18H16ClN3O6. The summed E-state index contributed by atoms with van der Waals surface area (Å²) in [6, 6.07) is 8.79. The zero-order chi connectivity index (χ0) is 20.4. The van der Waals surface area contributed by atoms with Gasteiger partial charge in [0.2, 0.25) is 5.91 Å². The lowest BCUT2D eigenvalue weighted by Crippen LogP contribution is -2.47. The van der Waals surface area contributed by atoms with Gasteiger partial charge in [-0.2, -0.15) is 0 Å². The van der Waals surface area contributed by atoms with Gasteiger partial charge in [-0.25, -0.2) is 0 Å². The summed E-state index contributed by atoms with van der Waals surface area (Å²) in [6.07, 6.45) is -0.781. The first-order valence-electron chi connectivity index (χ1n) is 8.20. The van der Waals surface area contributed by atoms with E-state index < -0.39 is 22.8 Å². The van der Waals surface area contributed by atoms with Gasteiger partial charge in [-0.3, -0.25) is 24.6 Å². The Balaban J connectivity index is 1.85. The highest BCUT2D eigenvalue weighted by Gasteiger charge is 2.33. The molecule has 0 fully saturated rings. The summed E-state index contributed by atoms with van der Waals surface area (Å²) < 4.78 is 10.5. The molecule has 0 aromatic heterocycles. The predicted molar refractivity (Wildman–Crippen MR) is 102 cm³/mol. The van der Waals surface area contributed by atoms with Crippen molar-refractivity contribution in [1.82, 2.24) is 0 Å². The Morgan fingerprint density at radius 3 is 2.79 bits per heavy atom. The lowest BCUT2D eigenvalue weighted by Gasteiger charge is -2.32. The summed E-state index contributed by atoms with van der Waals surface area (Å²) in [7, 11) is 1.38. The van der Waals surface area contributed by atoms with Crippen LogP contribution < -0.4 is 19.7 Å². The SMILES string of the molecule is COc1ccc(NC(=O)CN2C(=O)C(C)Oc3ccc(Cl)cc32)c([N+](=O)[O-])c1. The van der Waals surface area contributed by atoms with Crippen LogP contribution in [0, 0.1) is 10.1 Å². The van der Waals surface area contributed by atoms with Crippen LogP contribution in [0.25, 0.3) is 0 Å². The molecule has 2 amide bonds. The van der Waals surface area contributed by atoms with E-state index in [1.165, 1.54) is 36.3 Å². The molecule has 0 bridgehead atoms. The minimum atomic E-state index is -0.781. The number of fused-ring (bicyclic) bond motifs is 1. The topological polar surface area (TPSA) is 111 Å². The summed E-state index contributed by atoms with van der Waals surface area (Å²) >= 11 is 6.00. The second-order valence-electron chi connectivity index (χ2n) is 5.98. The number of amides is 2. The minimum absolute atomic E-state index is 0.00382. The first-order chi connectivity index (χ1) is 13.3. The van der Waals surface area contributed by atoms with Crippen molar-refractivity contribution in [1.29, 1.82) is 0 Å². The van der Waals surface area contributed by atoms with E-state index in [1.54, 1.807) is 19.1 Å². The molecule has 0 aliphatic carbocycles. The Morgan fingerprint density at radius 2 is 2.11 bits per heavy atom. The largest absolute Gasteiger partial charge is 0.496 e. The lowest BCUT2D eigenvalue weighted by atomic mass is 10.2. The van der Waals surface area contributed by atoms with Crippen molar-refractivity contribution >= 4 is 40.5 Å². The second kappa shape index (κ2) is 7.73. The molecule has 0 radical (unpaired) electrons. The molecule has 1 aliphatic rings. The van der Waals surface area contributed by atoms with Crippen LogP contribution in [0.4, 0.5) is 17.1 Å². The fourth-order valence-electron chi connectivity index (χ4n) is 2.77. The first-order valence-corrected chi connectivity index (χ1v) is 8.58. The Hall–Kier alpha value is -3.33. The molecular weight excluding hydrogens is 390 g/mol. The van der Waals surface area contributed by atoms with Gasteiger partial charge in [0.05, 0.1) is 23.8 Å².